The molecule has 0 aliphatic heterocycles. The summed E-state index contributed by atoms with van der Waals surface area (Å²) in [5, 5.41) is 9.56. The van der Waals surface area contributed by atoms with Crippen molar-refractivity contribution in [3.8, 4) is 0 Å². The molecule has 0 heterocycles. The summed E-state index contributed by atoms with van der Waals surface area (Å²) < 4.78 is 13.6. The number of hydrogen-bond donors (Lipinski definition) is 3. The number of aliphatic imine (C=N–C) groups is 1. The molecule has 5 nitrogen and oxygen atoms in total. The van der Waals surface area contributed by atoms with Crippen LogP contribution in [0.15, 0.2) is 53.5 Å². The molecule has 3 rings (SSSR count). The Balaban J connectivity index is 0.00000320. The van der Waals surface area contributed by atoms with E-state index < -0.39 is 0 Å². The zero-order chi connectivity index (χ0) is 20.9. The number of nitrogens with zero attached hydrogens (tertiary/aromatic N) is 1. The molecule has 0 atom stereocenters. The molecular formula is C23H30FIN4O. The minimum atomic E-state index is -0.190. The molecule has 0 bridgehead atoms. The lowest BCUT2D eigenvalue weighted by Crippen LogP contribution is -2.40. The summed E-state index contributed by atoms with van der Waals surface area (Å²) in [7, 11) is 1.74. The van der Waals surface area contributed by atoms with E-state index in [1.807, 2.05) is 44.2 Å². The number of anilines is 1. The molecule has 1 fully saturated rings. The monoisotopic (exact) mass is 524 g/mol. The molecule has 1 aliphatic carbocycles. The standard InChI is InChI=1S/C23H29FN4O.HI/c1-16(2)21(29)28-20-9-7-17(8-10-20)14-26-22(25-3)27-15-23(11-12-23)18-5-4-6-19(24)13-18;/h4-10,13,16H,11-12,14-15H2,1-3H3,(H,28,29)(H2,25,26,27);1H. The lowest BCUT2D eigenvalue weighted by molar-refractivity contribution is -0.118. The fraction of sp³-hybridized carbons (Fsp3) is 0.391. The smallest absolute Gasteiger partial charge is 0.226 e. The van der Waals surface area contributed by atoms with Gasteiger partial charge in [0.05, 0.1) is 0 Å². The van der Waals surface area contributed by atoms with E-state index in [9.17, 15) is 9.18 Å². The van der Waals surface area contributed by atoms with Crippen molar-refractivity contribution in [2.75, 3.05) is 18.9 Å². The number of halogens is 2. The maximum absolute atomic E-state index is 13.6. The Kier molecular flexibility index (Phi) is 8.64. The maximum Gasteiger partial charge on any atom is 0.226 e. The highest BCUT2D eigenvalue weighted by Gasteiger charge is 2.44. The van der Waals surface area contributed by atoms with Gasteiger partial charge in [-0.1, -0.05) is 38.1 Å². The van der Waals surface area contributed by atoms with Crippen molar-refractivity contribution in [3.05, 3.63) is 65.5 Å². The van der Waals surface area contributed by atoms with Crippen LogP contribution >= 0.6 is 24.0 Å². The summed E-state index contributed by atoms with van der Waals surface area (Å²) in [4.78, 5) is 16.0. The first-order chi connectivity index (χ1) is 13.9. The van der Waals surface area contributed by atoms with Gasteiger partial charge in [0.15, 0.2) is 5.96 Å². The van der Waals surface area contributed by atoms with Crippen LogP contribution < -0.4 is 16.0 Å². The third-order valence-electron chi connectivity index (χ3n) is 5.31. The lowest BCUT2D eigenvalue weighted by atomic mass is 9.96. The molecule has 0 spiro atoms. The van der Waals surface area contributed by atoms with Crippen LogP contribution in [-0.4, -0.2) is 25.5 Å². The summed E-state index contributed by atoms with van der Waals surface area (Å²) >= 11 is 0. The molecule has 2 aromatic rings. The van der Waals surface area contributed by atoms with E-state index in [4.69, 9.17) is 0 Å². The van der Waals surface area contributed by atoms with Gasteiger partial charge in [-0.25, -0.2) is 4.39 Å². The second-order valence-corrected chi connectivity index (χ2v) is 7.91. The topological polar surface area (TPSA) is 65.5 Å². The van der Waals surface area contributed by atoms with Gasteiger partial charge in [0.2, 0.25) is 5.91 Å². The van der Waals surface area contributed by atoms with E-state index in [1.54, 1.807) is 19.2 Å². The summed E-state index contributed by atoms with van der Waals surface area (Å²) in [5.74, 6) is 0.481. The number of hydrogen-bond acceptors (Lipinski definition) is 2. The highest BCUT2D eigenvalue weighted by Crippen LogP contribution is 2.47. The second-order valence-electron chi connectivity index (χ2n) is 7.91. The van der Waals surface area contributed by atoms with Crippen LogP contribution in [-0.2, 0) is 16.8 Å². The Morgan fingerprint density at radius 2 is 1.83 bits per heavy atom. The molecule has 0 aromatic heterocycles. The Labute approximate surface area is 195 Å². The SMILES string of the molecule is CN=C(NCc1ccc(NC(=O)C(C)C)cc1)NCC1(c2cccc(F)c2)CC1.I. The van der Waals surface area contributed by atoms with Gasteiger partial charge in [-0.15, -0.1) is 24.0 Å². The summed E-state index contributed by atoms with van der Waals surface area (Å²) in [6, 6.07) is 14.6. The van der Waals surface area contributed by atoms with Crippen molar-refractivity contribution in [1.29, 1.82) is 0 Å². The first kappa shape index (κ1) is 24.1. The normalized spacial score (nSPS) is 14.6. The molecule has 3 N–H and O–H groups in total. The lowest BCUT2D eigenvalue weighted by Gasteiger charge is -2.19. The van der Waals surface area contributed by atoms with Crippen molar-refractivity contribution >= 4 is 41.5 Å². The molecule has 2 aromatic carbocycles. The number of amides is 1. The number of carbonyl (C=O) groups excluding carboxylic acids is 1. The third-order valence-corrected chi connectivity index (χ3v) is 5.31. The Bertz CT molecular complexity index is 879. The number of carbonyl (C=O) groups is 1. The highest BCUT2D eigenvalue weighted by atomic mass is 127. The minimum Gasteiger partial charge on any atom is -0.356 e. The van der Waals surface area contributed by atoms with Crippen molar-refractivity contribution < 1.29 is 9.18 Å². The van der Waals surface area contributed by atoms with E-state index in [1.165, 1.54) is 6.07 Å². The Hall–Kier alpha value is -2.16. The zero-order valence-electron chi connectivity index (χ0n) is 17.7. The van der Waals surface area contributed by atoms with Crippen molar-refractivity contribution in [1.82, 2.24) is 10.6 Å². The molecule has 1 amide bonds. The highest BCUT2D eigenvalue weighted by molar-refractivity contribution is 14.0. The zero-order valence-corrected chi connectivity index (χ0v) is 20.0. The molecule has 0 unspecified atom stereocenters. The van der Waals surface area contributed by atoms with Gasteiger partial charge < -0.3 is 16.0 Å². The van der Waals surface area contributed by atoms with Crippen LogP contribution in [0, 0.1) is 11.7 Å². The summed E-state index contributed by atoms with van der Waals surface area (Å²) in [5.41, 5.74) is 2.91. The van der Waals surface area contributed by atoms with Crippen LogP contribution in [0.25, 0.3) is 0 Å². The molecule has 162 valence electrons. The molecule has 0 radical (unpaired) electrons. The fourth-order valence-corrected chi connectivity index (χ4v) is 3.19. The maximum atomic E-state index is 13.6. The van der Waals surface area contributed by atoms with Gasteiger partial charge in [-0.3, -0.25) is 9.79 Å². The predicted octanol–water partition coefficient (Wildman–Crippen LogP) is 4.44. The van der Waals surface area contributed by atoms with Crippen LogP contribution in [0.2, 0.25) is 0 Å². The predicted molar refractivity (Wildman–Crippen MR) is 131 cm³/mol. The molecule has 7 heteroatoms. The van der Waals surface area contributed by atoms with E-state index in [2.05, 4.69) is 20.9 Å². The van der Waals surface area contributed by atoms with Gasteiger partial charge in [0.25, 0.3) is 0 Å². The van der Waals surface area contributed by atoms with Gasteiger partial charge in [-0.2, -0.15) is 0 Å². The molecule has 30 heavy (non-hydrogen) atoms. The van der Waals surface area contributed by atoms with Crippen LogP contribution in [0.5, 0.6) is 0 Å². The third kappa shape index (κ3) is 6.42. The van der Waals surface area contributed by atoms with Crippen molar-refractivity contribution in [3.63, 3.8) is 0 Å². The van der Waals surface area contributed by atoms with E-state index >= 15 is 0 Å². The van der Waals surface area contributed by atoms with Crippen LogP contribution in [0.1, 0.15) is 37.8 Å². The number of guanidine groups is 1. The van der Waals surface area contributed by atoms with Crippen LogP contribution in [0.4, 0.5) is 10.1 Å². The minimum absolute atomic E-state index is 0. The van der Waals surface area contributed by atoms with Crippen molar-refractivity contribution in [2.24, 2.45) is 10.9 Å². The second kappa shape index (κ2) is 10.7. The average Bonchev–Trinajstić information content (AvgIpc) is 3.50. The van der Waals surface area contributed by atoms with E-state index in [0.29, 0.717) is 12.5 Å². The number of rotatable bonds is 7. The largest absolute Gasteiger partial charge is 0.356 e. The quantitative estimate of drug-likeness (QED) is 0.285. The van der Waals surface area contributed by atoms with Crippen LogP contribution in [0.3, 0.4) is 0 Å². The first-order valence-electron chi connectivity index (χ1n) is 10.0. The summed E-state index contributed by atoms with van der Waals surface area (Å²) in [6.45, 7) is 5.07. The van der Waals surface area contributed by atoms with E-state index in [-0.39, 0.29) is 47.0 Å². The number of nitrogens with one attached hydrogen (secondary N) is 3. The molecule has 1 aliphatic rings. The van der Waals surface area contributed by atoms with Gasteiger partial charge >= 0.3 is 0 Å². The summed E-state index contributed by atoms with van der Waals surface area (Å²) in [6.07, 6.45) is 2.09. The molecular weight excluding hydrogens is 494 g/mol. The van der Waals surface area contributed by atoms with Gasteiger partial charge in [0.1, 0.15) is 5.82 Å². The number of benzene rings is 2. The molecule has 1 saturated carbocycles. The molecule has 0 saturated heterocycles. The Morgan fingerprint density at radius 1 is 1.13 bits per heavy atom. The van der Waals surface area contributed by atoms with Gasteiger partial charge in [-0.05, 0) is 48.2 Å². The van der Waals surface area contributed by atoms with E-state index in [0.717, 1.165) is 36.2 Å². The average molecular weight is 524 g/mol. The fourth-order valence-electron chi connectivity index (χ4n) is 3.19. The van der Waals surface area contributed by atoms with Crippen molar-refractivity contribution in [2.45, 2.75) is 38.6 Å². The first-order valence-corrected chi connectivity index (χ1v) is 10.0. The Morgan fingerprint density at radius 3 is 2.40 bits per heavy atom. The van der Waals surface area contributed by atoms with Gasteiger partial charge in [0, 0.05) is 37.2 Å².